The van der Waals surface area contributed by atoms with E-state index in [4.69, 9.17) is 16.0 Å². The third-order valence-corrected chi connectivity index (χ3v) is 6.26. The van der Waals surface area contributed by atoms with Crippen LogP contribution in [0.5, 0.6) is 0 Å². The first-order chi connectivity index (χ1) is 14.4. The molecule has 1 aromatic carbocycles. The Balaban J connectivity index is 1.56. The monoisotopic (exact) mass is 429 g/mol. The Morgan fingerprint density at radius 1 is 1.27 bits per heavy atom. The predicted octanol–water partition coefficient (Wildman–Crippen LogP) is 3.52. The molecule has 1 aliphatic heterocycles. The zero-order chi connectivity index (χ0) is 21.3. The fourth-order valence-corrected chi connectivity index (χ4v) is 4.50. The average molecular weight is 430 g/mol. The number of nitrogens with one attached hydrogen (secondary N) is 2. The van der Waals surface area contributed by atoms with Crippen molar-refractivity contribution in [3.05, 3.63) is 52.9 Å². The van der Waals surface area contributed by atoms with Crippen LogP contribution in [0.2, 0.25) is 5.02 Å². The summed E-state index contributed by atoms with van der Waals surface area (Å²) in [5.74, 6) is -0.857. The van der Waals surface area contributed by atoms with Crippen molar-refractivity contribution >= 4 is 35.0 Å². The van der Waals surface area contributed by atoms with Gasteiger partial charge in [-0.05, 0) is 49.6 Å². The summed E-state index contributed by atoms with van der Waals surface area (Å²) in [4.78, 5) is 40.4. The topological polar surface area (TPSA) is 91.7 Å². The normalized spacial score (nSPS) is 23.5. The summed E-state index contributed by atoms with van der Waals surface area (Å²) < 4.78 is 5.30. The fraction of sp³-hybridized carbons (Fsp3) is 0.409. The van der Waals surface area contributed by atoms with E-state index in [1.54, 1.807) is 29.2 Å². The second-order valence-corrected chi connectivity index (χ2v) is 8.30. The maximum absolute atomic E-state index is 13.2. The maximum Gasteiger partial charge on any atom is 0.290 e. The summed E-state index contributed by atoms with van der Waals surface area (Å²) >= 11 is 6.13. The van der Waals surface area contributed by atoms with Gasteiger partial charge in [-0.15, -0.1) is 0 Å². The van der Waals surface area contributed by atoms with Gasteiger partial charge in [-0.25, -0.2) is 0 Å². The highest BCUT2D eigenvalue weighted by atomic mass is 35.5. The summed E-state index contributed by atoms with van der Waals surface area (Å²) in [6, 6.07) is 7.30. The van der Waals surface area contributed by atoms with Crippen LogP contribution in [0.4, 0.5) is 5.69 Å². The van der Waals surface area contributed by atoms with E-state index < -0.39 is 6.04 Å². The summed E-state index contributed by atoms with van der Waals surface area (Å²) in [5.41, 5.74) is 1.45. The first-order valence-corrected chi connectivity index (χ1v) is 10.5. The quantitative estimate of drug-likeness (QED) is 0.777. The van der Waals surface area contributed by atoms with E-state index in [-0.39, 0.29) is 42.0 Å². The Hall–Kier alpha value is -2.80. The fourth-order valence-electron chi connectivity index (χ4n) is 4.32. The molecule has 30 heavy (non-hydrogen) atoms. The predicted molar refractivity (Wildman–Crippen MR) is 112 cm³/mol. The van der Waals surface area contributed by atoms with Crippen molar-refractivity contribution in [1.29, 1.82) is 0 Å². The number of anilines is 1. The molecule has 2 aliphatic rings. The average Bonchev–Trinajstić information content (AvgIpc) is 3.26. The number of halogens is 1. The Labute approximate surface area is 179 Å². The molecule has 1 saturated carbocycles. The molecule has 0 spiro atoms. The molecule has 2 aromatic rings. The lowest BCUT2D eigenvalue weighted by Crippen LogP contribution is -2.68. The number of fused-ring (bicyclic) bond motifs is 1. The van der Waals surface area contributed by atoms with Crippen LogP contribution in [0.25, 0.3) is 0 Å². The Morgan fingerprint density at radius 2 is 2.07 bits per heavy atom. The molecule has 3 atom stereocenters. The van der Waals surface area contributed by atoms with E-state index in [0.717, 1.165) is 31.2 Å². The van der Waals surface area contributed by atoms with Gasteiger partial charge in [0.2, 0.25) is 11.8 Å². The van der Waals surface area contributed by atoms with E-state index in [1.165, 1.54) is 6.26 Å². The highest BCUT2D eigenvalue weighted by Crippen LogP contribution is 2.31. The van der Waals surface area contributed by atoms with Crippen LogP contribution < -0.4 is 10.6 Å². The zero-order valence-corrected chi connectivity index (χ0v) is 17.4. The molecule has 158 valence electrons. The minimum atomic E-state index is -0.900. The van der Waals surface area contributed by atoms with Crippen LogP contribution in [-0.4, -0.2) is 40.7 Å². The molecule has 4 rings (SSSR count). The molecule has 0 bridgehead atoms. The summed E-state index contributed by atoms with van der Waals surface area (Å²) in [6.07, 6.45) is 4.86. The lowest BCUT2D eigenvalue weighted by molar-refractivity contribution is -0.135. The maximum atomic E-state index is 13.2. The molecule has 2 heterocycles. The number of carbonyl (C=O) groups is 3. The molecule has 0 unspecified atom stereocenters. The van der Waals surface area contributed by atoms with E-state index in [9.17, 15) is 14.4 Å². The first-order valence-electron chi connectivity index (χ1n) is 10.2. The van der Waals surface area contributed by atoms with Crippen LogP contribution in [0.3, 0.4) is 0 Å². The second kappa shape index (κ2) is 8.52. The van der Waals surface area contributed by atoms with Gasteiger partial charge in [0.05, 0.1) is 18.7 Å². The smallest absolute Gasteiger partial charge is 0.290 e. The summed E-state index contributed by atoms with van der Waals surface area (Å²) in [5, 5.41) is 6.34. The largest absolute Gasteiger partial charge is 0.459 e. The number of piperazine rings is 1. The number of furan rings is 1. The second-order valence-electron chi connectivity index (χ2n) is 7.89. The minimum absolute atomic E-state index is 0.0969. The van der Waals surface area contributed by atoms with Gasteiger partial charge in [0.25, 0.3) is 5.91 Å². The number of rotatable bonds is 4. The first kappa shape index (κ1) is 20.5. The van der Waals surface area contributed by atoms with Crippen molar-refractivity contribution in [1.82, 2.24) is 10.2 Å². The zero-order valence-electron chi connectivity index (χ0n) is 16.7. The highest BCUT2D eigenvalue weighted by Gasteiger charge is 2.46. The molecule has 2 fully saturated rings. The van der Waals surface area contributed by atoms with Gasteiger partial charge in [-0.3, -0.25) is 14.4 Å². The Kier molecular flexibility index (Phi) is 5.81. The Morgan fingerprint density at radius 3 is 2.80 bits per heavy atom. The lowest BCUT2D eigenvalue weighted by atomic mass is 9.85. The van der Waals surface area contributed by atoms with Gasteiger partial charge >= 0.3 is 0 Å². The van der Waals surface area contributed by atoms with Gasteiger partial charge in [0.15, 0.2) is 5.76 Å². The van der Waals surface area contributed by atoms with Crippen molar-refractivity contribution in [3.8, 4) is 0 Å². The van der Waals surface area contributed by atoms with Crippen LogP contribution in [0, 0.1) is 6.92 Å². The molecular weight excluding hydrogens is 406 g/mol. The molecule has 7 nitrogen and oxygen atoms in total. The molecule has 1 aromatic heterocycles. The van der Waals surface area contributed by atoms with Crippen molar-refractivity contribution < 1.29 is 18.8 Å². The van der Waals surface area contributed by atoms with Crippen LogP contribution >= 0.6 is 11.6 Å². The summed E-state index contributed by atoms with van der Waals surface area (Å²) in [7, 11) is 0. The minimum Gasteiger partial charge on any atom is -0.459 e. The molecule has 8 heteroatoms. The number of carbonyl (C=O) groups excluding carboxylic acids is 3. The Bertz CT molecular complexity index is 959. The van der Waals surface area contributed by atoms with E-state index >= 15 is 0 Å². The third-order valence-electron chi connectivity index (χ3n) is 5.85. The molecule has 1 saturated heterocycles. The van der Waals surface area contributed by atoms with Crippen molar-refractivity contribution in [2.75, 3.05) is 5.32 Å². The summed E-state index contributed by atoms with van der Waals surface area (Å²) in [6.45, 7) is 1.87. The third kappa shape index (κ3) is 4.07. The van der Waals surface area contributed by atoms with Crippen LogP contribution in [0.15, 0.2) is 41.0 Å². The van der Waals surface area contributed by atoms with Crippen molar-refractivity contribution in [3.63, 3.8) is 0 Å². The standard InChI is InChI=1S/C22H24ClN3O4/c1-13-8-9-14(11-15(13)23)24-20(27)12-18-21(28)25-16-5-2-3-6-17(16)26(18)22(29)19-7-4-10-30-19/h4,7-11,16-18H,2-3,5-6,12H2,1H3,(H,24,27)(H,25,28)/t16-,17-,18-/m1/s1. The lowest BCUT2D eigenvalue weighted by Gasteiger charge is -2.47. The molecule has 0 radical (unpaired) electrons. The number of benzene rings is 1. The van der Waals surface area contributed by atoms with Crippen LogP contribution in [0.1, 0.15) is 48.2 Å². The van der Waals surface area contributed by atoms with E-state index in [1.807, 2.05) is 13.0 Å². The van der Waals surface area contributed by atoms with Gasteiger partial charge in [-0.2, -0.15) is 0 Å². The van der Waals surface area contributed by atoms with Gasteiger partial charge in [0.1, 0.15) is 6.04 Å². The molecule has 3 amide bonds. The number of amides is 3. The number of hydrogen-bond donors (Lipinski definition) is 2. The number of nitrogens with zero attached hydrogens (tertiary/aromatic N) is 1. The highest BCUT2D eigenvalue weighted by molar-refractivity contribution is 6.31. The van der Waals surface area contributed by atoms with E-state index in [2.05, 4.69) is 10.6 Å². The SMILES string of the molecule is Cc1ccc(NC(=O)C[C@@H]2C(=O)N[C@@H]3CCCC[C@H]3N2C(=O)c2ccco2)cc1Cl. The van der Waals surface area contributed by atoms with Gasteiger partial charge < -0.3 is 20.0 Å². The van der Waals surface area contributed by atoms with E-state index in [0.29, 0.717) is 10.7 Å². The van der Waals surface area contributed by atoms with Crippen LogP contribution in [-0.2, 0) is 9.59 Å². The van der Waals surface area contributed by atoms with Gasteiger partial charge in [0, 0.05) is 16.8 Å². The van der Waals surface area contributed by atoms with Crippen molar-refractivity contribution in [2.45, 2.75) is 57.2 Å². The number of aryl methyl sites for hydroxylation is 1. The molecule has 2 N–H and O–H groups in total. The van der Waals surface area contributed by atoms with Crippen molar-refractivity contribution in [2.24, 2.45) is 0 Å². The molecule has 1 aliphatic carbocycles. The molecular formula is C22H24ClN3O4. The number of hydrogen-bond acceptors (Lipinski definition) is 4. The van der Waals surface area contributed by atoms with Gasteiger partial charge in [-0.1, -0.05) is 30.5 Å².